The van der Waals surface area contributed by atoms with Crippen LogP contribution < -0.4 is 14.8 Å². The Morgan fingerprint density at radius 1 is 1.15 bits per heavy atom. The van der Waals surface area contributed by atoms with Crippen LogP contribution >= 0.6 is 11.3 Å². The van der Waals surface area contributed by atoms with Crippen molar-refractivity contribution in [3.05, 3.63) is 68.0 Å². The smallest absolute Gasteiger partial charge is 0.308 e. The van der Waals surface area contributed by atoms with Crippen molar-refractivity contribution >= 4 is 39.4 Å². The molecule has 0 saturated carbocycles. The van der Waals surface area contributed by atoms with E-state index in [0.29, 0.717) is 15.2 Å². The topological polar surface area (TPSA) is 60.7 Å². The molecular weight excluding hydrogens is 348 g/mol. The summed E-state index contributed by atoms with van der Waals surface area (Å²) < 4.78 is 7.31. The van der Waals surface area contributed by atoms with Crippen LogP contribution in [-0.4, -0.2) is 15.4 Å². The van der Waals surface area contributed by atoms with Crippen LogP contribution in [-0.2, 0) is 4.79 Å². The Bertz CT molecular complexity index is 1270. The van der Waals surface area contributed by atoms with E-state index < -0.39 is 0 Å². The maximum Gasteiger partial charge on any atom is 0.308 e. The van der Waals surface area contributed by atoms with Gasteiger partial charge in [-0.2, -0.15) is 0 Å². The fourth-order valence-electron chi connectivity index (χ4n) is 2.91. The Hall–Kier alpha value is -2.99. The predicted octanol–water partition coefficient (Wildman–Crippen LogP) is 3.00. The first kappa shape index (κ1) is 16.5. The number of aromatic nitrogens is 2. The third kappa shape index (κ3) is 2.68. The third-order valence-corrected chi connectivity index (χ3v) is 5.34. The van der Waals surface area contributed by atoms with E-state index in [1.165, 1.54) is 18.3 Å². The molecule has 0 spiro atoms. The molecule has 0 N–H and O–H groups in total. The number of ether oxygens (including phenoxy) is 1. The zero-order valence-corrected chi connectivity index (χ0v) is 15.4. The fourth-order valence-corrected chi connectivity index (χ4v) is 3.89. The van der Waals surface area contributed by atoms with Gasteiger partial charge in [-0.25, -0.2) is 9.38 Å². The van der Waals surface area contributed by atoms with E-state index in [1.807, 2.05) is 44.2 Å². The largest absolute Gasteiger partial charge is 0.427 e. The first-order chi connectivity index (χ1) is 12.4. The van der Waals surface area contributed by atoms with Crippen LogP contribution in [0.3, 0.4) is 0 Å². The van der Waals surface area contributed by atoms with E-state index in [2.05, 4.69) is 4.98 Å². The molecule has 0 aliphatic rings. The summed E-state index contributed by atoms with van der Waals surface area (Å²) >= 11 is 1.37. The highest BCUT2D eigenvalue weighted by Crippen LogP contribution is 2.22. The Balaban J connectivity index is 1.83. The summed E-state index contributed by atoms with van der Waals surface area (Å²) in [5.74, 6) is 0.121. The highest BCUT2D eigenvalue weighted by atomic mass is 32.1. The number of aryl methyl sites for hydroxylation is 2. The normalized spacial score (nSPS) is 12.2. The lowest BCUT2D eigenvalue weighted by Crippen LogP contribution is -2.22. The van der Waals surface area contributed by atoms with E-state index in [0.717, 1.165) is 27.7 Å². The van der Waals surface area contributed by atoms with Crippen molar-refractivity contribution in [2.24, 2.45) is 0 Å². The molecule has 0 amide bonds. The van der Waals surface area contributed by atoms with Gasteiger partial charge in [0.05, 0.1) is 15.6 Å². The van der Waals surface area contributed by atoms with Gasteiger partial charge < -0.3 is 4.74 Å². The van der Waals surface area contributed by atoms with Gasteiger partial charge in [0.2, 0.25) is 0 Å². The Labute approximate surface area is 153 Å². The van der Waals surface area contributed by atoms with Gasteiger partial charge in [-0.05, 0) is 54.8 Å². The van der Waals surface area contributed by atoms with Crippen LogP contribution in [0.4, 0.5) is 0 Å². The SMILES string of the molecule is CC(=O)Oc1ccc(/C=c2\sc3nc4c(C)c(C)ccc4n3c2=O)cc1. The minimum absolute atomic E-state index is 0.0696. The van der Waals surface area contributed by atoms with Gasteiger partial charge in [-0.15, -0.1) is 0 Å². The molecule has 2 aromatic heterocycles. The van der Waals surface area contributed by atoms with Crippen LogP contribution in [0.5, 0.6) is 5.75 Å². The number of nitrogens with zero attached hydrogens (tertiary/aromatic N) is 2. The second kappa shape index (κ2) is 6.07. The quantitative estimate of drug-likeness (QED) is 0.405. The molecular formula is C20H16N2O3S. The monoisotopic (exact) mass is 364 g/mol. The highest BCUT2D eigenvalue weighted by molar-refractivity contribution is 7.15. The molecule has 0 aliphatic carbocycles. The molecule has 2 heterocycles. The average molecular weight is 364 g/mol. The van der Waals surface area contributed by atoms with Gasteiger partial charge >= 0.3 is 5.97 Å². The molecule has 0 radical (unpaired) electrons. The highest BCUT2D eigenvalue weighted by Gasteiger charge is 2.13. The molecule has 0 saturated heterocycles. The molecule has 0 atom stereocenters. The standard InChI is InChI=1S/C20H16N2O3S/c1-11-4-9-16-18(12(11)2)21-20-22(16)19(24)17(26-20)10-14-5-7-15(8-6-14)25-13(3)23/h4-10H,1-3H3/b17-10-. The zero-order chi connectivity index (χ0) is 18.4. The Morgan fingerprint density at radius 3 is 2.58 bits per heavy atom. The summed E-state index contributed by atoms with van der Waals surface area (Å²) in [4.78, 5) is 29.2. The van der Waals surface area contributed by atoms with Gasteiger partial charge in [0.25, 0.3) is 5.56 Å². The number of carbonyl (C=O) groups excluding carboxylic acids is 1. The zero-order valence-electron chi connectivity index (χ0n) is 14.6. The lowest BCUT2D eigenvalue weighted by atomic mass is 10.1. The fraction of sp³-hybridized carbons (Fsp3) is 0.150. The minimum Gasteiger partial charge on any atom is -0.427 e. The first-order valence-corrected chi connectivity index (χ1v) is 8.97. The molecule has 0 bridgehead atoms. The van der Waals surface area contributed by atoms with Crippen LogP contribution in [0.2, 0.25) is 0 Å². The molecule has 5 nitrogen and oxygen atoms in total. The van der Waals surface area contributed by atoms with Gasteiger partial charge in [0, 0.05) is 6.92 Å². The summed E-state index contributed by atoms with van der Waals surface area (Å²) in [5, 5.41) is 0. The van der Waals surface area contributed by atoms with Crippen molar-refractivity contribution < 1.29 is 9.53 Å². The first-order valence-electron chi connectivity index (χ1n) is 8.15. The summed E-state index contributed by atoms with van der Waals surface area (Å²) in [7, 11) is 0. The molecule has 130 valence electrons. The van der Waals surface area contributed by atoms with Gasteiger partial charge in [0.1, 0.15) is 5.75 Å². The number of carbonyl (C=O) groups is 1. The molecule has 2 aromatic carbocycles. The van der Waals surface area contributed by atoms with E-state index in [9.17, 15) is 9.59 Å². The molecule has 0 unspecified atom stereocenters. The van der Waals surface area contributed by atoms with Crippen molar-refractivity contribution in [3.8, 4) is 5.75 Å². The van der Waals surface area contributed by atoms with E-state index in [-0.39, 0.29) is 11.5 Å². The van der Waals surface area contributed by atoms with Gasteiger partial charge in [0.15, 0.2) is 4.96 Å². The van der Waals surface area contributed by atoms with E-state index >= 15 is 0 Å². The van der Waals surface area contributed by atoms with E-state index in [1.54, 1.807) is 16.5 Å². The number of hydrogen-bond donors (Lipinski definition) is 0. The Morgan fingerprint density at radius 2 is 1.88 bits per heavy atom. The second-order valence-corrected chi connectivity index (χ2v) is 7.19. The predicted molar refractivity (Wildman–Crippen MR) is 103 cm³/mol. The third-order valence-electron chi connectivity index (χ3n) is 4.37. The number of fused-ring (bicyclic) bond motifs is 3. The van der Waals surface area contributed by atoms with Crippen LogP contribution in [0.15, 0.2) is 41.2 Å². The number of esters is 1. The molecule has 0 aliphatic heterocycles. The number of rotatable bonds is 2. The van der Waals surface area contributed by atoms with Crippen molar-refractivity contribution in [3.63, 3.8) is 0 Å². The lowest BCUT2D eigenvalue weighted by Gasteiger charge is -2.00. The van der Waals surface area contributed by atoms with Crippen molar-refractivity contribution in [1.82, 2.24) is 9.38 Å². The number of hydrogen-bond acceptors (Lipinski definition) is 5. The number of imidazole rings is 1. The molecule has 26 heavy (non-hydrogen) atoms. The van der Waals surface area contributed by atoms with Crippen LogP contribution in [0.25, 0.3) is 22.1 Å². The molecule has 4 rings (SSSR count). The van der Waals surface area contributed by atoms with Crippen molar-refractivity contribution in [2.75, 3.05) is 0 Å². The molecule has 0 fully saturated rings. The van der Waals surface area contributed by atoms with Gasteiger partial charge in [-0.1, -0.05) is 29.5 Å². The molecule has 4 aromatic rings. The summed E-state index contributed by atoms with van der Waals surface area (Å²) in [6.07, 6.45) is 1.83. The summed E-state index contributed by atoms with van der Waals surface area (Å²) in [5.41, 5.74) is 4.78. The second-order valence-electron chi connectivity index (χ2n) is 6.18. The maximum absolute atomic E-state index is 12.8. The lowest BCUT2D eigenvalue weighted by molar-refractivity contribution is -0.131. The molecule has 6 heteroatoms. The number of thiazole rings is 1. The summed E-state index contributed by atoms with van der Waals surface area (Å²) in [6, 6.07) is 11.0. The van der Waals surface area contributed by atoms with Gasteiger partial charge in [-0.3, -0.25) is 9.59 Å². The Kier molecular flexibility index (Phi) is 3.85. The minimum atomic E-state index is -0.361. The van der Waals surface area contributed by atoms with Crippen LogP contribution in [0, 0.1) is 13.8 Å². The van der Waals surface area contributed by atoms with E-state index in [4.69, 9.17) is 4.74 Å². The average Bonchev–Trinajstić information content (AvgIpc) is 3.10. The summed E-state index contributed by atoms with van der Waals surface area (Å²) in [6.45, 7) is 5.43. The number of benzene rings is 2. The maximum atomic E-state index is 12.8. The van der Waals surface area contributed by atoms with Crippen molar-refractivity contribution in [2.45, 2.75) is 20.8 Å². The van der Waals surface area contributed by atoms with Crippen LogP contribution in [0.1, 0.15) is 23.6 Å². The van der Waals surface area contributed by atoms with Crippen molar-refractivity contribution in [1.29, 1.82) is 0 Å².